The van der Waals surface area contributed by atoms with Gasteiger partial charge in [0, 0.05) is 11.1 Å². The molecule has 0 spiro atoms. The number of H-pyrrole nitrogens is 1. The van der Waals surface area contributed by atoms with Crippen LogP contribution in [0.4, 0.5) is 0 Å². The van der Waals surface area contributed by atoms with Crippen molar-refractivity contribution in [1.82, 2.24) is 10.2 Å². The Morgan fingerprint density at radius 3 is 2.76 bits per heavy atom. The molecule has 0 bridgehead atoms. The van der Waals surface area contributed by atoms with Gasteiger partial charge in [-0.3, -0.25) is 5.10 Å². The smallest absolute Gasteiger partial charge is 0.0933 e. The normalized spacial score (nSPS) is 54.4. The molecule has 5 rings (SSSR count). The molecule has 0 amide bonds. The molecule has 8 atom stereocenters. The van der Waals surface area contributed by atoms with Crippen LogP contribution in [0.1, 0.15) is 64.1 Å². The van der Waals surface area contributed by atoms with Crippen LogP contribution in [0.5, 0.6) is 0 Å². The minimum absolute atomic E-state index is 0.133. The molecule has 138 valence electrons. The maximum absolute atomic E-state index is 11.0. The van der Waals surface area contributed by atoms with E-state index in [1.807, 2.05) is 13.1 Å². The number of rotatable bonds is 0. The molecule has 3 fully saturated rings. The zero-order chi connectivity index (χ0) is 17.6. The van der Waals surface area contributed by atoms with Crippen LogP contribution in [0.15, 0.2) is 6.20 Å². The largest absolute Gasteiger partial charge is 0.390 e. The van der Waals surface area contributed by atoms with Crippen molar-refractivity contribution in [3.05, 3.63) is 17.5 Å². The molecule has 25 heavy (non-hydrogen) atoms. The number of nitrogens with one attached hydrogen (secondary N) is 1. The van der Waals surface area contributed by atoms with Crippen LogP contribution in [-0.4, -0.2) is 32.1 Å². The van der Waals surface area contributed by atoms with Crippen molar-refractivity contribution < 1.29 is 10.2 Å². The third-order valence-electron chi connectivity index (χ3n) is 9.57. The lowest BCUT2D eigenvalue weighted by Crippen LogP contribution is -2.57. The number of hydrogen-bond acceptors (Lipinski definition) is 3. The first-order valence-electron chi connectivity index (χ1n) is 10.2. The van der Waals surface area contributed by atoms with Crippen LogP contribution in [0.2, 0.25) is 0 Å². The van der Waals surface area contributed by atoms with Gasteiger partial charge in [-0.05, 0) is 86.5 Å². The molecule has 1 heterocycles. The molecule has 4 nitrogen and oxygen atoms in total. The van der Waals surface area contributed by atoms with E-state index in [2.05, 4.69) is 24.0 Å². The molecule has 3 saturated carbocycles. The summed E-state index contributed by atoms with van der Waals surface area (Å²) in [5.74, 6) is 2.57. The number of hydrogen-bond donors (Lipinski definition) is 3. The molecule has 0 saturated heterocycles. The molecule has 4 heteroatoms. The van der Waals surface area contributed by atoms with Crippen molar-refractivity contribution in [3.63, 3.8) is 0 Å². The first kappa shape index (κ1) is 16.3. The Kier molecular flexibility index (Phi) is 3.19. The fourth-order valence-electron chi connectivity index (χ4n) is 7.70. The summed E-state index contributed by atoms with van der Waals surface area (Å²) >= 11 is 0. The quantitative estimate of drug-likeness (QED) is 0.677. The number of aliphatic hydroxyl groups is 2. The number of aliphatic hydroxyl groups excluding tert-OH is 1. The highest BCUT2D eigenvalue weighted by atomic mass is 16.3. The molecule has 1 unspecified atom stereocenters. The fourth-order valence-corrected chi connectivity index (χ4v) is 7.70. The van der Waals surface area contributed by atoms with E-state index in [0.29, 0.717) is 23.2 Å². The summed E-state index contributed by atoms with van der Waals surface area (Å²) in [5, 5.41) is 29.1. The van der Waals surface area contributed by atoms with E-state index < -0.39 is 11.7 Å². The van der Waals surface area contributed by atoms with Gasteiger partial charge in [0.15, 0.2) is 0 Å². The summed E-state index contributed by atoms with van der Waals surface area (Å²) in [6.07, 6.45) is 9.32. The van der Waals surface area contributed by atoms with Gasteiger partial charge in [-0.2, -0.15) is 5.10 Å². The summed E-state index contributed by atoms with van der Waals surface area (Å²) in [6, 6.07) is 0. The highest BCUT2D eigenvalue weighted by Crippen LogP contribution is 2.67. The minimum Gasteiger partial charge on any atom is -0.390 e. The molecule has 3 N–H and O–H groups in total. The van der Waals surface area contributed by atoms with E-state index in [-0.39, 0.29) is 5.41 Å². The summed E-state index contributed by atoms with van der Waals surface area (Å²) < 4.78 is 0. The van der Waals surface area contributed by atoms with Crippen LogP contribution in [0, 0.1) is 34.5 Å². The number of fused-ring (bicyclic) bond motifs is 6. The minimum atomic E-state index is -0.940. The molecule has 1 aromatic rings. The number of aromatic nitrogens is 2. The Morgan fingerprint density at radius 2 is 1.96 bits per heavy atom. The molecule has 4 aliphatic carbocycles. The standard InChI is InChI=1S/C21H32N2O2/c1-19-10-12-11-22-23-17(12)8-13(19)4-5-14-15(19)6-7-20(2)16(14)9-18(24)21(20,3)25/h11,13-16,18,24-25H,4-10H2,1-3H3,(H,22,23)/t13-,14+,15-,16-,18?,19-,20+,21-/m0/s1. The Labute approximate surface area is 150 Å². The van der Waals surface area contributed by atoms with E-state index in [1.54, 1.807) is 0 Å². The summed E-state index contributed by atoms with van der Waals surface area (Å²) in [6.45, 7) is 6.65. The van der Waals surface area contributed by atoms with E-state index >= 15 is 0 Å². The number of aromatic amines is 1. The monoisotopic (exact) mass is 344 g/mol. The lowest BCUT2D eigenvalue weighted by Gasteiger charge is -2.60. The zero-order valence-corrected chi connectivity index (χ0v) is 15.8. The maximum Gasteiger partial charge on any atom is 0.0933 e. The second kappa shape index (κ2) is 4.89. The van der Waals surface area contributed by atoms with E-state index in [0.717, 1.165) is 31.6 Å². The maximum atomic E-state index is 11.0. The third-order valence-corrected chi connectivity index (χ3v) is 9.57. The van der Waals surface area contributed by atoms with Crippen molar-refractivity contribution in [2.45, 2.75) is 77.4 Å². The SMILES string of the molecule is C[C@]12Cc3cn[nH]c3C[C@@H]1CC[C@@H]1[C@@H]2CC[C@]2(C)[C@H]1CC(O)[C@]2(C)O. The molecule has 0 radical (unpaired) electrons. The first-order valence-corrected chi connectivity index (χ1v) is 10.2. The van der Waals surface area contributed by atoms with Gasteiger partial charge in [-0.25, -0.2) is 0 Å². The second-order valence-corrected chi connectivity index (χ2v) is 10.3. The summed E-state index contributed by atoms with van der Waals surface area (Å²) in [4.78, 5) is 0. The highest BCUT2D eigenvalue weighted by Gasteiger charge is 2.66. The topological polar surface area (TPSA) is 69.1 Å². The average molecular weight is 344 g/mol. The Bertz CT molecular complexity index is 698. The molecular weight excluding hydrogens is 312 g/mol. The predicted octanol–water partition coefficient (Wildman–Crippen LogP) is 3.09. The van der Waals surface area contributed by atoms with Gasteiger partial charge in [0.25, 0.3) is 0 Å². The third kappa shape index (κ3) is 1.88. The Hall–Kier alpha value is -0.870. The van der Waals surface area contributed by atoms with Gasteiger partial charge in [0.2, 0.25) is 0 Å². The Balaban J connectivity index is 1.51. The van der Waals surface area contributed by atoms with Crippen molar-refractivity contribution in [3.8, 4) is 0 Å². The highest BCUT2D eigenvalue weighted by molar-refractivity contribution is 5.26. The van der Waals surface area contributed by atoms with Crippen LogP contribution in [0.25, 0.3) is 0 Å². The molecule has 0 aliphatic heterocycles. The van der Waals surface area contributed by atoms with Crippen molar-refractivity contribution >= 4 is 0 Å². The van der Waals surface area contributed by atoms with Crippen molar-refractivity contribution in [2.75, 3.05) is 0 Å². The first-order chi connectivity index (χ1) is 11.8. The lowest BCUT2D eigenvalue weighted by molar-refractivity contribution is -0.155. The van der Waals surface area contributed by atoms with E-state index in [9.17, 15) is 10.2 Å². The van der Waals surface area contributed by atoms with Crippen LogP contribution < -0.4 is 0 Å². The van der Waals surface area contributed by atoms with E-state index in [4.69, 9.17) is 0 Å². The van der Waals surface area contributed by atoms with Gasteiger partial charge in [-0.1, -0.05) is 13.8 Å². The molecule has 0 aromatic carbocycles. The van der Waals surface area contributed by atoms with Crippen LogP contribution in [-0.2, 0) is 12.8 Å². The molecule has 1 aromatic heterocycles. The van der Waals surface area contributed by atoms with Gasteiger partial charge in [0.1, 0.15) is 0 Å². The van der Waals surface area contributed by atoms with Crippen LogP contribution in [0.3, 0.4) is 0 Å². The molecule has 4 aliphatic rings. The zero-order valence-electron chi connectivity index (χ0n) is 15.8. The van der Waals surface area contributed by atoms with Crippen LogP contribution >= 0.6 is 0 Å². The molecular formula is C21H32N2O2. The number of nitrogens with zero attached hydrogens (tertiary/aromatic N) is 1. The van der Waals surface area contributed by atoms with Gasteiger partial charge in [-0.15, -0.1) is 0 Å². The van der Waals surface area contributed by atoms with Gasteiger partial charge >= 0.3 is 0 Å². The summed E-state index contributed by atoms with van der Waals surface area (Å²) in [5.41, 5.74) is 2.06. The van der Waals surface area contributed by atoms with E-state index in [1.165, 1.54) is 30.5 Å². The Morgan fingerprint density at radius 1 is 1.16 bits per heavy atom. The second-order valence-electron chi connectivity index (χ2n) is 10.3. The average Bonchev–Trinajstić information content (AvgIpc) is 3.07. The predicted molar refractivity (Wildman–Crippen MR) is 95.9 cm³/mol. The van der Waals surface area contributed by atoms with Crippen molar-refractivity contribution in [2.24, 2.45) is 34.5 Å². The fraction of sp³-hybridized carbons (Fsp3) is 0.857. The van der Waals surface area contributed by atoms with Gasteiger partial charge in [0.05, 0.1) is 17.9 Å². The lowest BCUT2D eigenvalue weighted by atomic mass is 9.44. The summed E-state index contributed by atoms with van der Waals surface area (Å²) in [7, 11) is 0. The van der Waals surface area contributed by atoms with Crippen molar-refractivity contribution in [1.29, 1.82) is 0 Å². The van der Waals surface area contributed by atoms with Gasteiger partial charge < -0.3 is 10.2 Å².